The molecule has 3 heterocycles. The Labute approximate surface area is 174 Å². The minimum atomic E-state index is -0.145. The van der Waals surface area contributed by atoms with Crippen LogP contribution in [0.2, 0.25) is 0 Å². The molecule has 0 aliphatic rings. The van der Waals surface area contributed by atoms with Gasteiger partial charge in [0, 0.05) is 22.7 Å². The highest BCUT2D eigenvalue weighted by Crippen LogP contribution is 2.33. The standard InChI is InChI=1S/C23H24N4OS/c1-3-8-16(2)25-23(28)21-20-18(19-11-7-14-29-19)12-13-24-22(20)27(26-21)15-17-9-5-4-6-10-17/h4-7,9-14,16H,3,8,15H2,1-2H3,(H,25,28). The molecule has 1 amide bonds. The van der Waals surface area contributed by atoms with Gasteiger partial charge in [0.05, 0.1) is 11.9 Å². The van der Waals surface area contributed by atoms with Crippen LogP contribution in [0.15, 0.2) is 60.1 Å². The largest absolute Gasteiger partial charge is 0.348 e. The summed E-state index contributed by atoms with van der Waals surface area (Å²) >= 11 is 1.65. The zero-order valence-corrected chi connectivity index (χ0v) is 17.4. The van der Waals surface area contributed by atoms with E-state index in [1.54, 1.807) is 17.5 Å². The fraction of sp³-hybridized carbons (Fsp3) is 0.261. The number of rotatable bonds is 7. The normalized spacial score (nSPS) is 12.2. The summed E-state index contributed by atoms with van der Waals surface area (Å²) in [4.78, 5) is 18.8. The van der Waals surface area contributed by atoms with Crippen molar-refractivity contribution in [2.45, 2.75) is 39.3 Å². The number of benzene rings is 1. The Kier molecular flexibility index (Phi) is 5.71. The van der Waals surface area contributed by atoms with Gasteiger partial charge in [0.15, 0.2) is 11.3 Å². The first-order valence-electron chi connectivity index (χ1n) is 9.91. The number of carbonyl (C=O) groups is 1. The smallest absolute Gasteiger partial charge is 0.272 e. The molecule has 0 saturated carbocycles. The Morgan fingerprint density at radius 2 is 2.00 bits per heavy atom. The third kappa shape index (κ3) is 4.07. The van der Waals surface area contributed by atoms with Crippen LogP contribution < -0.4 is 5.32 Å². The second kappa shape index (κ2) is 8.57. The monoisotopic (exact) mass is 404 g/mol. The molecule has 0 bridgehead atoms. The first-order valence-corrected chi connectivity index (χ1v) is 10.8. The number of nitrogens with zero attached hydrogens (tertiary/aromatic N) is 3. The van der Waals surface area contributed by atoms with Gasteiger partial charge in [0.25, 0.3) is 5.91 Å². The molecule has 0 saturated heterocycles. The lowest BCUT2D eigenvalue weighted by Crippen LogP contribution is -2.32. The van der Waals surface area contributed by atoms with Gasteiger partial charge in [0.1, 0.15) is 0 Å². The summed E-state index contributed by atoms with van der Waals surface area (Å²) < 4.78 is 1.83. The van der Waals surface area contributed by atoms with E-state index in [2.05, 4.69) is 35.4 Å². The molecule has 1 unspecified atom stereocenters. The van der Waals surface area contributed by atoms with E-state index >= 15 is 0 Å². The van der Waals surface area contributed by atoms with E-state index in [-0.39, 0.29) is 11.9 Å². The summed E-state index contributed by atoms with van der Waals surface area (Å²) in [7, 11) is 0. The van der Waals surface area contributed by atoms with Gasteiger partial charge >= 0.3 is 0 Å². The number of aromatic nitrogens is 3. The quantitative estimate of drug-likeness (QED) is 0.465. The molecular weight excluding hydrogens is 380 g/mol. The van der Waals surface area contributed by atoms with E-state index in [0.29, 0.717) is 12.2 Å². The predicted octanol–water partition coefficient (Wildman–Crippen LogP) is 5.13. The average Bonchev–Trinajstić information content (AvgIpc) is 3.37. The summed E-state index contributed by atoms with van der Waals surface area (Å²) in [5, 5.41) is 10.7. The predicted molar refractivity (Wildman–Crippen MR) is 118 cm³/mol. The number of amides is 1. The van der Waals surface area contributed by atoms with E-state index in [4.69, 9.17) is 5.10 Å². The average molecular weight is 405 g/mol. The molecule has 148 valence electrons. The van der Waals surface area contributed by atoms with Crippen molar-refractivity contribution in [3.8, 4) is 10.4 Å². The van der Waals surface area contributed by atoms with E-state index in [0.717, 1.165) is 39.9 Å². The molecule has 0 aliphatic carbocycles. The number of fused-ring (bicyclic) bond motifs is 1. The van der Waals surface area contributed by atoms with Gasteiger partial charge in [-0.1, -0.05) is 49.7 Å². The minimum Gasteiger partial charge on any atom is -0.348 e. The van der Waals surface area contributed by atoms with Crippen LogP contribution >= 0.6 is 11.3 Å². The van der Waals surface area contributed by atoms with Crippen LogP contribution in [0.3, 0.4) is 0 Å². The molecule has 6 heteroatoms. The second-order valence-electron chi connectivity index (χ2n) is 7.19. The van der Waals surface area contributed by atoms with E-state index in [9.17, 15) is 4.79 Å². The van der Waals surface area contributed by atoms with Crippen molar-refractivity contribution in [2.75, 3.05) is 0 Å². The highest BCUT2D eigenvalue weighted by Gasteiger charge is 2.23. The molecule has 0 spiro atoms. The van der Waals surface area contributed by atoms with Crippen LogP contribution in [-0.4, -0.2) is 26.7 Å². The Morgan fingerprint density at radius 3 is 2.72 bits per heavy atom. The number of thiophene rings is 1. The molecule has 1 atom stereocenters. The zero-order valence-electron chi connectivity index (χ0n) is 16.6. The van der Waals surface area contributed by atoms with Gasteiger partial charge in [-0.15, -0.1) is 11.3 Å². The summed E-state index contributed by atoms with van der Waals surface area (Å²) in [6.45, 7) is 4.71. The Hall–Kier alpha value is -2.99. The molecule has 1 aromatic carbocycles. The molecule has 0 fully saturated rings. The lowest BCUT2D eigenvalue weighted by Gasteiger charge is -2.11. The van der Waals surface area contributed by atoms with Crippen molar-refractivity contribution in [3.05, 3.63) is 71.4 Å². The van der Waals surface area contributed by atoms with Gasteiger partial charge in [-0.2, -0.15) is 5.10 Å². The highest BCUT2D eigenvalue weighted by molar-refractivity contribution is 7.13. The first-order chi connectivity index (χ1) is 14.2. The molecular formula is C23H24N4OS. The summed E-state index contributed by atoms with van der Waals surface area (Å²) in [6, 6.07) is 16.3. The van der Waals surface area contributed by atoms with Gasteiger partial charge < -0.3 is 5.32 Å². The zero-order chi connectivity index (χ0) is 20.2. The van der Waals surface area contributed by atoms with Crippen molar-refractivity contribution in [2.24, 2.45) is 0 Å². The van der Waals surface area contributed by atoms with Crippen LogP contribution in [0.4, 0.5) is 0 Å². The second-order valence-corrected chi connectivity index (χ2v) is 8.14. The van der Waals surface area contributed by atoms with Crippen molar-refractivity contribution in [1.29, 1.82) is 0 Å². The lowest BCUT2D eigenvalue weighted by atomic mass is 10.1. The molecule has 0 radical (unpaired) electrons. The van der Waals surface area contributed by atoms with E-state index in [1.165, 1.54) is 0 Å². The minimum absolute atomic E-state index is 0.101. The van der Waals surface area contributed by atoms with Crippen LogP contribution in [0.1, 0.15) is 42.7 Å². The topological polar surface area (TPSA) is 59.8 Å². The number of pyridine rings is 1. The number of hydrogen-bond donors (Lipinski definition) is 1. The SMILES string of the molecule is CCCC(C)NC(=O)c1nn(Cc2ccccc2)c2nccc(-c3cccs3)c12. The molecule has 5 nitrogen and oxygen atoms in total. The lowest BCUT2D eigenvalue weighted by molar-refractivity contribution is 0.0934. The fourth-order valence-electron chi connectivity index (χ4n) is 3.56. The highest BCUT2D eigenvalue weighted by atomic mass is 32.1. The molecule has 1 N–H and O–H groups in total. The molecule has 4 rings (SSSR count). The van der Waals surface area contributed by atoms with Gasteiger partial charge in [-0.25, -0.2) is 9.67 Å². The number of hydrogen-bond acceptors (Lipinski definition) is 4. The maximum atomic E-state index is 13.1. The molecule has 3 aromatic heterocycles. The van der Waals surface area contributed by atoms with Gasteiger partial charge in [-0.05, 0) is 36.4 Å². The molecule has 29 heavy (non-hydrogen) atoms. The Bertz CT molecular complexity index is 1100. The number of nitrogens with one attached hydrogen (secondary N) is 1. The Balaban J connectivity index is 1.83. The summed E-state index contributed by atoms with van der Waals surface area (Å²) in [5.74, 6) is -0.145. The van der Waals surface area contributed by atoms with Crippen LogP contribution in [-0.2, 0) is 6.54 Å². The van der Waals surface area contributed by atoms with Crippen molar-refractivity contribution in [1.82, 2.24) is 20.1 Å². The molecule has 4 aromatic rings. The van der Waals surface area contributed by atoms with Gasteiger partial charge in [0.2, 0.25) is 0 Å². The van der Waals surface area contributed by atoms with Crippen LogP contribution in [0.25, 0.3) is 21.5 Å². The fourth-order valence-corrected chi connectivity index (χ4v) is 4.32. The first kappa shape index (κ1) is 19.3. The van der Waals surface area contributed by atoms with Crippen molar-refractivity contribution in [3.63, 3.8) is 0 Å². The van der Waals surface area contributed by atoms with Gasteiger partial charge in [-0.3, -0.25) is 4.79 Å². The third-order valence-corrected chi connectivity index (χ3v) is 5.81. The maximum absolute atomic E-state index is 13.1. The van der Waals surface area contributed by atoms with E-state index in [1.807, 2.05) is 47.3 Å². The molecule has 0 aliphatic heterocycles. The van der Waals surface area contributed by atoms with E-state index < -0.39 is 0 Å². The summed E-state index contributed by atoms with van der Waals surface area (Å²) in [5.41, 5.74) is 3.28. The Morgan fingerprint density at radius 1 is 1.17 bits per heavy atom. The summed E-state index contributed by atoms with van der Waals surface area (Å²) in [6.07, 6.45) is 3.75. The third-order valence-electron chi connectivity index (χ3n) is 4.91. The maximum Gasteiger partial charge on any atom is 0.272 e. The van der Waals surface area contributed by atoms with Crippen LogP contribution in [0, 0.1) is 0 Å². The van der Waals surface area contributed by atoms with Crippen molar-refractivity contribution < 1.29 is 4.79 Å². The van der Waals surface area contributed by atoms with Crippen LogP contribution in [0.5, 0.6) is 0 Å². The number of carbonyl (C=O) groups excluding carboxylic acids is 1. The van der Waals surface area contributed by atoms with Crippen molar-refractivity contribution >= 4 is 28.3 Å².